The Labute approximate surface area is 90.0 Å². The van der Waals surface area contributed by atoms with Crippen LogP contribution in [-0.2, 0) is 10.9 Å². The molecule has 1 aromatic carbocycles. The standard InChI is InChI=1S/C11H7F3O2/c1-2-6-16-10(15)8-4-3-5-9(7-8)11(12,13)14/h1,3-5,7H,6H2. The Bertz CT molecular complexity index is 430. The molecule has 0 aromatic heterocycles. The van der Waals surface area contributed by atoms with Gasteiger partial charge in [-0.05, 0) is 18.2 Å². The summed E-state index contributed by atoms with van der Waals surface area (Å²) in [4.78, 5) is 11.2. The first kappa shape index (κ1) is 12.1. The third-order valence-corrected chi connectivity index (χ3v) is 1.71. The van der Waals surface area contributed by atoms with Gasteiger partial charge < -0.3 is 4.74 Å². The van der Waals surface area contributed by atoms with Crippen molar-refractivity contribution in [1.29, 1.82) is 0 Å². The fourth-order valence-corrected chi connectivity index (χ4v) is 1.01. The van der Waals surface area contributed by atoms with Crippen LogP contribution in [0.5, 0.6) is 0 Å². The van der Waals surface area contributed by atoms with Crippen molar-refractivity contribution >= 4 is 5.97 Å². The molecule has 0 fully saturated rings. The summed E-state index contributed by atoms with van der Waals surface area (Å²) in [6, 6.07) is 3.96. The molecular weight excluding hydrogens is 221 g/mol. The van der Waals surface area contributed by atoms with Crippen molar-refractivity contribution in [3.63, 3.8) is 0 Å². The number of halogens is 3. The second-order valence-corrected chi connectivity index (χ2v) is 2.86. The topological polar surface area (TPSA) is 26.3 Å². The Kier molecular flexibility index (Phi) is 3.56. The predicted octanol–water partition coefficient (Wildman–Crippen LogP) is 2.50. The van der Waals surface area contributed by atoms with Crippen LogP contribution in [0.1, 0.15) is 15.9 Å². The van der Waals surface area contributed by atoms with Crippen LogP contribution in [0.2, 0.25) is 0 Å². The maximum Gasteiger partial charge on any atom is 0.416 e. The molecule has 16 heavy (non-hydrogen) atoms. The monoisotopic (exact) mass is 228 g/mol. The van der Waals surface area contributed by atoms with Gasteiger partial charge in [0.05, 0.1) is 11.1 Å². The number of esters is 1. The Balaban J connectivity index is 2.91. The highest BCUT2D eigenvalue weighted by atomic mass is 19.4. The van der Waals surface area contributed by atoms with Gasteiger partial charge in [0.25, 0.3) is 0 Å². The number of alkyl halides is 3. The number of carbonyl (C=O) groups is 1. The van der Waals surface area contributed by atoms with Crippen molar-refractivity contribution < 1.29 is 22.7 Å². The Hall–Kier alpha value is -1.96. The fourth-order valence-electron chi connectivity index (χ4n) is 1.01. The zero-order valence-corrected chi connectivity index (χ0v) is 8.04. The Morgan fingerprint density at radius 3 is 2.69 bits per heavy atom. The number of rotatable bonds is 2. The molecule has 1 rings (SSSR count). The van der Waals surface area contributed by atoms with E-state index in [1.807, 2.05) is 5.92 Å². The molecular formula is C11H7F3O2. The van der Waals surface area contributed by atoms with Crippen LogP contribution in [-0.4, -0.2) is 12.6 Å². The summed E-state index contributed by atoms with van der Waals surface area (Å²) in [7, 11) is 0. The predicted molar refractivity (Wildman–Crippen MR) is 50.6 cm³/mol. The average molecular weight is 228 g/mol. The van der Waals surface area contributed by atoms with Crippen LogP contribution in [0.3, 0.4) is 0 Å². The highest BCUT2D eigenvalue weighted by Gasteiger charge is 2.30. The maximum absolute atomic E-state index is 12.3. The number of benzene rings is 1. The van der Waals surface area contributed by atoms with E-state index in [1.54, 1.807) is 0 Å². The van der Waals surface area contributed by atoms with Crippen LogP contribution in [0.15, 0.2) is 24.3 Å². The van der Waals surface area contributed by atoms with Gasteiger partial charge in [-0.15, -0.1) is 6.42 Å². The largest absolute Gasteiger partial charge is 0.449 e. The molecule has 0 aliphatic rings. The molecule has 5 heteroatoms. The van der Waals surface area contributed by atoms with E-state index in [2.05, 4.69) is 4.74 Å². The summed E-state index contributed by atoms with van der Waals surface area (Å²) in [5.74, 6) is 1.18. The molecule has 0 heterocycles. The first-order valence-electron chi connectivity index (χ1n) is 4.23. The molecule has 0 amide bonds. The number of terminal acetylenes is 1. The first-order valence-corrected chi connectivity index (χ1v) is 4.23. The highest BCUT2D eigenvalue weighted by molar-refractivity contribution is 5.89. The van der Waals surface area contributed by atoms with Crippen LogP contribution in [0.25, 0.3) is 0 Å². The molecule has 0 spiro atoms. The zero-order chi connectivity index (χ0) is 12.2. The molecule has 0 N–H and O–H groups in total. The minimum atomic E-state index is -4.48. The van der Waals surface area contributed by atoms with Crippen LogP contribution >= 0.6 is 0 Å². The lowest BCUT2D eigenvalue weighted by atomic mass is 10.1. The van der Waals surface area contributed by atoms with Gasteiger partial charge in [-0.3, -0.25) is 0 Å². The second kappa shape index (κ2) is 4.71. The molecule has 0 saturated carbocycles. The van der Waals surface area contributed by atoms with Crippen molar-refractivity contribution in [2.45, 2.75) is 6.18 Å². The summed E-state index contributed by atoms with van der Waals surface area (Å²) in [5.41, 5.74) is -1.08. The van der Waals surface area contributed by atoms with Gasteiger partial charge in [0, 0.05) is 0 Å². The third-order valence-electron chi connectivity index (χ3n) is 1.71. The van der Waals surface area contributed by atoms with Gasteiger partial charge in [0.15, 0.2) is 6.61 Å². The van der Waals surface area contributed by atoms with Crippen molar-refractivity contribution in [3.8, 4) is 12.3 Å². The van der Waals surface area contributed by atoms with Crippen molar-refractivity contribution in [2.24, 2.45) is 0 Å². The van der Waals surface area contributed by atoms with Crippen molar-refractivity contribution in [1.82, 2.24) is 0 Å². The number of hydrogen-bond acceptors (Lipinski definition) is 2. The number of hydrogen-bond donors (Lipinski definition) is 0. The number of ether oxygens (including phenoxy) is 1. The molecule has 0 aliphatic heterocycles. The molecule has 0 unspecified atom stereocenters. The minimum absolute atomic E-state index is 0.176. The van der Waals surface area contributed by atoms with Crippen LogP contribution in [0, 0.1) is 12.3 Å². The van der Waals surface area contributed by atoms with E-state index >= 15 is 0 Å². The van der Waals surface area contributed by atoms with Gasteiger partial charge in [-0.2, -0.15) is 13.2 Å². The lowest BCUT2D eigenvalue weighted by Gasteiger charge is -2.07. The molecule has 0 aliphatic carbocycles. The van der Waals surface area contributed by atoms with E-state index in [9.17, 15) is 18.0 Å². The lowest BCUT2D eigenvalue weighted by Crippen LogP contribution is -2.09. The third kappa shape index (κ3) is 3.02. The van der Waals surface area contributed by atoms with E-state index in [0.29, 0.717) is 0 Å². The quantitative estimate of drug-likeness (QED) is 0.574. The van der Waals surface area contributed by atoms with Gasteiger partial charge in [0.2, 0.25) is 0 Å². The van der Waals surface area contributed by atoms with E-state index in [4.69, 9.17) is 6.42 Å². The first-order chi connectivity index (χ1) is 7.45. The van der Waals surface area contributed by atoms with Gasteiger partial charge in [-0.25, -0.2) is 4.79 Å². The molecule has 0 bridgehead atoms. The van der Waals surface area contributed by atoms with Gasteiger partial charge in [-0.1, -0.05) is 12.0 Å². The zero-order valence-electron chi connectivity index (χ0n) is 8.04. The minimum Gasteiger partial charge on any atom is -0.449 e. The summed E-state index contributed by atoms with van der Waals surface area (Å²) < 4.78 is 41.4. The van der Waals surface area contributed by atoms with E-state index in [1.165, 1.54) is 6.07 Å². The van der Waals surface area contributed by atoms with Gasteiger partial charge in [0.1, 0.15) is 0 Å². The van der Waals surface area contributed by atoms with Crippen LogP contribution < -0.4 is 0 Å². The van der Waals surface area contributed by atoms with Crippen molar-refractivity contribution in [2.75, 3.05) is 6.61 Å². The fraction of sp³-hybridized carbons (Fsp3) is 0.182. The van der Waals surface area contributed by atoms with Crippen molar-refractivity contribution in [3.05, 3.63) is 35.4 Å². The van der Waals surface area contributed by atoms with E-state index < -0.39 is 17.7 Å². The van der Waals surface area contributed by atoms with Crippen LogP contribution in [0.4, 0.5) is 13.2 Å². The molecule has 84 valence electrons. The normalized spacial score (nSPS) is 10.6. The molecule has 0 saturated heterocycles. The van der Waals surface area contributed by atoms with E-state index in [0.717, 1.165) is 18.2 Å². The number of carbonyl (C=O) groups excluding carboxylic acids is 1. The van der Waals surface area contributed by atoms with Gasteiger partial charge >= 0.3 is 12.1 Å². The summed E-state index contributed by atoms with van der Waals surface area (Å²) >= 11 is 0. The highest BCUT2D eigenvalue weighted by Crippen LogP contribution is 2.29. The summed E-state index contributed by atoms with van der Waals surface area (Å²) in [5, 5.41) is 0. The molecule has 1 aromatic rings. The lowest BCUT2D eigenvalue weighted by molar-refractivity contribution is -0.137. The Morgan fingerprint density at radius 2 is 2.12 bits per heavy atom. The average Bonchev–Trinajstić information content (AvgIpc) is 2.25. The summed E-state index contributed by atoms with van der Waals surface area (Å²) in [6.45, 7) is -0.269. The summed E-state index contributed by atoms with van der Waals surface area (Å²) in [6.07, 6.45) is 0.363. The Morgan fingerprint density at radius 1 is 1.44 bits per heavy atom. The molecule has 0 radical (unpaired) electrons. The molecule has 0 atom stereocenters. The SMILES string of the molecule is C#CCOC(=O)c1cccc(C(F)(F)F)c1. The smallest absolute Gasteiger partial charge is 0.416 e. The van der Waals surface area contributed by atoms with E-state index in [-0.39, 0.29) is 12.2 Å². The maximum atomic E-state index is 12.3. The molecule has 2 nitrogen and oxygen atoms in total. The second-order valence-electron chi connectivity index (χ2n) is 2.86.